The van der Waals surface area contributed by atoms with Gasteiger partial charge in [-0.3, -0.25) is 4.79 Å². The number of carbonyl (C=O) groups is 1. The summed E-state index contributed by atoms with van der Waals surface area (Å²) in [4.78, 5) is 14.0. The molecule has 0 saturated carbocycles. The Labute approximate surface area is 100 Å². The zero-order chi connectivity index (χ0) is 12.4. The number of hydrogen-bond donors (Lipinski definition) is 1. The molecule has 2 heterocycles. The van der Waals surface area contributed by atoms with Gasteiger partial charge in [-0.1, -0.05) is 5.21 Å². The maximum absolute atomic E-state index is 12.1. The molecule has 1 N–H and O–H groups in total. The molecule has 1 amide bonds. The molecule has 0 aliphatic carbocycles. The summed E-state index contributed by atoms with van der Waals surface area (Å²) in [7, 11) is 0. The second kappa shape index (κ2) is 4.83. The topological polar surface area (TPSA) is 71.2 Å². The molecular formula is C11H18N4O2. The van der Waals surface area contributed by atoms with Gasteiger partial charge in [0.2, 0.25) is 5.91 Å². The van der Waals surface area contributed by atoms with Gasteiger partial charge in [0.15, 0.2) is 0 Å². The van der Waals surface area contributed by atoms with Crippen molar-refractivity contribution >= 4 is 5.91 Å². The average molecular weight is 238 g/mol. The fraction of sp³-hybridized carbons (Fsp3) is 0.727. The van der Waals surface area contributed by atoms with Gasteiger partial charge in [-0.05, 0) is 26.7 Å². The molecule has 1 fully saturated rings. The summed E-state index contributed by atoms with van der Waals surface area (Å²) in [5.74, 6) is 0.0737. The third-order valence-electron chi connectivity index (χ3n) is 3.13. The summed E-state index contributed by atoms with van der Waals surface area (Å²) in [5.41, 5.74) is 0.492. The van der Waals surface area contributed by atoms with Gasteiger partial charge in [0.05, 0.1) is 12.3 Å². The van der Waals surface area contributed by atoms with E-state index in [1.54, 1.807) is 20.0 Å². The van der Waals surface area contributed by atoms with E-state index >= 15 is 0 Å². The lowest BCUT2D eigenvalue weighted by atomic mass is 10.3. The minimum absolute atomic E-state index is 0.0737. The molecule has 17 heavy (non-hydrogen) atoms. The molecule has 94 valence electrons. The molecule has 0 spiro atoms. The molecule has 1 saturated heterocycles. The van der Waals surface area contributed by atoms with E-state index in [1.807, 2.05) is 4.90 Å². The van der Waals surface area contributed by atoms with E-state index in [1.165, 1.54) is 4.68 Å². The number of hydrogen-bond acceptors (Lipinski definition) is 4. The normalized spacial score (nSPS) is 19.4. The summed E-state index contributed by atoms with van der Waals surface area (Å²) >= 11 is 0. The summed E-state index contributed by atoms with van der Waals surface area (Å²) in [6, 6.07) is -0.354. The van der Waals surface area contributed by atoms with Crippen molar-refractivity contribution in [2.75, 3.05) is 13.1 Å². The minimum atomic E-state index is -0.655. The highest BCUT2D eigenvalue weighted by Gasteiger charge is 2.25. The van der Waals surface area contributed by atoms with Crippen molar-refractivity contribution in [3.63, 3.8) is 0 Å². The fourth-order valence-corrected chi connectivity index (χ4v) is 1.99. The highest BCUT2D eigenvalue weighted by atomic mass is 16.3. The second-order valence-electron chi connectivity index (χ2n) is 4.51. The van der Waals surface area contributed by atoms with Crippen molar-refractivity contribution in [3.05, 3.63) is 11.9 Å². The largest absolute Gasteiger partial charge is 0.387 e. The Balaban J connectivity index is 2.07. The first-order valence-corrected chi connectivity index (χ1v) is 5.98. The lowest BCUT2D eigenvalue weighted by molar-refractivity contribution is -0.133. The van der Waals surface area contributed by atoms with Crippen LogP contribution in [0.5, 0.6) is 0 Å². The maximum Gasteiger partial charge on any atom is 0.247 e. The molecule has 0 aromatic carbocycles. The summed E-state index contributed by atoms with van der Waals surface area (Å²) in [6.45, 7) is 5.10. The molecule has 1 aromatic heterocycles. The Hall–Kier alpha value is -1.43. The lowest BCUT2D eigenvalue weighted by Gasteiger charge is -2.19. The zero-order valence-corrected chi connectivity index (χ0v) is 10.2. The third kappa shape index (κ3) is 2.46. The zero-order valence-electron chi connectivity index (χ0n) is 10.2. The van der Waals surface area contributed by atoms with Crippen molar-refractivity contribution in [2.45, 2.75) is 38.8 Å². The van der Waals surface area contributed by atoms with E-state index in [-0.39, 0.29) is 11.9 Å². The SMILES string of the molecule is CC(O)c1cn(C(C)C(=O)N2CCCC2)nn1. The maximum atomic E-state index is 12.1. The Morgan fingerprint density at radius 3 is 2.59 bits per heavy atom. The van der Waals surface area contributed by atoms with Crippen LogP contribution in [-0.2, 0) is 4.79 Å². The van der Waals surface area contributed by atoms with Crippen LogP contribution in [0.2, 0.25) is 0 Å². The number of aliphatic hydroxyl groups excluding tert-OH is 1. The Bertz CT molecular complexity index is 396. The molecule has 1 aliphatic rings. The van der Waals surface area contributed by atoms with Crippen LogP contribution in [0, 0.1) is 0 Å². The Morgan fingerprint density at radius 1 is 1.41 bits per heavy atom. The number of amides is 1. The van der Waals surface area contributed by atoms with Gasteiger partial charge in [0, 0.05) is 13.1 Å². The number of likely N-dealkylation sites (tertiary alicyclic amines) is 1. The van der Waals surface area contributed by atoms with Gasteiger partial charge in [-0.2, -0.15) is 0 Å². The standard InChI is InChI=1S/C11H18N4O2/c1-8(11(17)14-5-3-4-6-14)15-7-10(9(2)16)12-13-15/h7-9,16H,3-6H2,1-2H3. The third-order valence-corrected chi connectivity index (χ3v) is 3.13. The van der Waals surface area contributed by atoms with Gasteiger partial charge in [-0.25, -0.2) is 4.68 Å². The Morgan fingerprint density at radius 2 is 2.06 bits per heavy atom. The molecule has 2 rings (SSSR count). The minimum Gasteiger partial charge on any atom is -0.387 e. The summed E-state index contributed by atoms with van der Waals surface area (Å²) < 4.78 is 1.52. The molecule has 0 radical (unpaired) electrons. The predicted molar refractivity (Wildman–Crippen MR) is 61.2 cm³/mol. The van der Waals surface area contributed by atoms with Crippen LogP contribution in [0.25, 0.3) is 0 Å². The van der Waals surface area contributed by atoms with Crippen molar-refractivity contribution < 1.29 is 9.90 Å². The van der Waals surface area contributed by atoms with Crippen molar-refractivity contribution in [1.82, 2.24) is 19.9 Å². The van der Waals surface area contributed by atoms with E-state index in [0.717, 1.165) is 25.9 Å². The first kappa shape index (κ1) is 12.0. The Kier molecular flexibility index (Phi) is 3.42. The van der Waals surface area contributed by atoms with Gasteiger partial charge >= 0.3 is 0 Å². The number of aliphatic hydroxyl groups is 1. The van der Waals surface area contributed by atoms with E-state index in [2.05, 4.69) is 10.3 Å². The highest BCUT2D eigenvalue weighted by molar-refractivity contribution is 5.80. The van der Waals surface area contributed by atoms with E-state index in [0.29, 0.717) is 5.69 Å². The van der Waals surface area contributed by atoms with Crippen LogP contribution in [0.15, 0.2) is 6.20 Å². The first-order valence-electron chi connectivity index (χ1n) is 5.98. The monoisotopic (exact) mass is 238 g/mol. The number of nitrogens with zero attached hydrogens (tertiary/aromatic N) is 4. The van der Waals surface area contributed by atoms with Crippen LogP contribution in [0.1, 0.15) is 44.5 Å². The van der Waals surface area contributed by atoms with Crippen LogP contribution in [-0.4, -0.2) is 44.0 Å². The van der Waals surface area contributed by atoms with E-state index in [4.69, 9.17) is 0 Å². The van der Waals surface area contributed by atoms with Crippen LogP contribution >= 0.6 is 0 Å². The highest BCUT2D eigenvalue weighted by Crippen LogP contribution is 2.16. The summed E-state index contributed by atoms with van der Waals surface area (Å²) in [6.07, 6.45) is 3.13. The molecule has 6 heteroatoms. The molecular weight excluding hydrogens is 220 g/mol. The van der Waals surface area contributed by atoms with E-state index < -0.39 is 6.10 Å². The molecule has 2 unspecified atom stereocenters. The molecule has 1 aliphatic heterocycles. The molecule has 6 nitrogen and oxygen atoms in total. The van der Waals surface area contributed by atoms with Crippen LogP contribution in [0.4, 0.5) is 0 Å². The fourth-order valence-electron chi connectivity index (χ4n) is 1.99. The summed E-state index contributed by atoms with van der Waals surface area (Å²) in [5, 5.41) is 17.1. The smallest absolute Gasteiger partial charge is 0.247 e. The number of rotatable bonds is 3. The molecule has 2 atom stereocenters. The average Bonchev–Trinajstić information content (AvgIpc) is 2.97. The van der Waals surface area contributed by atoms with Crippen molar-refractivity contribution in [2.24, 2.45) is 0 Å². The van der Waals surface area contributed by atoms with Gasteiger partial charge in [0.25, 0.3) is 0 Å². The second-order valence-corrected chi connectivity index (χ2v) is 4.51. The first-order chi connectivity index (χ1) is 8.09. The van der Waals surface area contributed by atoms with Gasteiger partial charge in [-0.15, -0.1) is 5.10 Å². The molecule has 1 aromatic rings. The quantitative estimate of drug-likeness (QED) is 0.833. The van der Waals surface area contributed by atoms with Crippen LogP contribution < -0.4 is 0 Å². The molecule has 0 bridgehead atoms. The van der Waals surface area contributed by atoms with E-state index in [9.17, 15) is 9.90 Å². The van der Waals surface area contributed by atoms with Gasteiger partial charge < -0.3 is 10.0 Å². The van der Waals surface area contributed by atoms with Crippen molar-refractivity contribution in [3.8, 4) is 0 Å². The lowest BCUT2D eigenvalue weighted by Crippen LogP contribution is -2.34. The number of aromatic nitrogens is 3. The van der Waals surface area contributed by atoms with Crippen molar-refractivity contribution in [1.29, 1.82) is 0 Å². The van der Waals surface area contributed by atoms with Gasteiger partial charge in [0.1, 0.15) is 11.7 Å². The van der Waals surface area contributed by atoms with Crippen LogP contribution in [0.3, 0.4) is 0 Å². The predicted octanol–water partition coefficient (Wildman–Crippen LogP) is 0.515. The number of carbonyl (C=O) groups excluding carboxylic acids is 1.